The van der Waals surface area contributed by atoms with E-state index in [1.165, 1.54) is 0 Å². The molecule has 8 nitrogen and oxygen atoms in total. The Bertz CT molecular complexity index is 2530. The minimum absolute atomic E-state index is 0.350. The van der Waals surface area contributed by atoms with E-state index in [9.17, 15) is 0 Å². The number of nitrogens with one attached hydrogen (secondary N) is 4. The molecule has 14 rings (SSSR count). The Morgan fingerprint density at radius 3 is 0.983 bits per heavy atom. The highest BCUT2D eigenvalue weighted by atomic mass is 16.6. The number of aromatic nitrogens is 4. The monoisotopic (exact) mass is 796 g/mol. The highest BCUT2D eigenvalue weighted by molar-refractivity contribution is 5.86. The van der Waals surface area contributed by atoms with Gasteiger partial charge in [-0.3, -0.25) is 0 Å². The maximum Gasteiger partial charge on any atom is 0.161 e. The zero-order valence-electron chi connectivity index (χ0n) is 35.2. The van der Waals surface area contributed by atoms with Gasteiger partial charge in [0.05, 0.1) is 10.8 Å². The van der Waals surface area contributed by atoms with Gasteiger partial charge in [-0.25, -0.2) is 0 Å². The van der Waals surface area contributed by atoms with Crippen molar-refractivity contribution in [2.45, 2.75) is 63.2 Å². The van der Waals surface area contributed by atoms with Crippen molar-refractivity contribution >= 4 is 10.8 Å². The Morgan fingerprint density at radius 1 is 0.350 bits per heavy atom. The molecule has 8 aromatic rings. The van der Waals surface area contributed by atoms with Crippen molar-refractivity contribution in [1.82, 2.24) is 19.9 Å². The van der Waals surface area contributed by atoms with Gasteiger partial charge < -0.3 is 38.9 Å². The highest BCUT2D eigenvalue weighted by Crippen LogP contribution is 2.45. The number of aromatic amines is 4. The summed E-state index contributed by atoms with van der Waals surface area (Å²) in [4.78, 5) is 15.8. The molecule has 0 aliphatic carbocycles. The zero-order chi connectivity index (χ0) is 41.3. The number of ether oxygens (including phenoxy) is 4. The Balaban J connectivity index is 1.12. The fraction of sp³-hybridized carbons (Fsp3) is 0.269. The Kier molecular flexibility index (Phi) is 8.83. The summed E-state index contributed by atoms with van der Waals surface area (Å²) in [6.07, 6.45) is 0. The first kappa shape index (κ1) is 37.7. The van der Waals surface area contributed by atoms with Crippen molar-refractivity contribution in [3.63, 3.8) is 0 Å². The Morgan fingerprint density at radius 2 is 0.650 bits per heavy atom. The van der Waals surface area contributed by atoms with Gasteiger partial charge in [-0.05, 0) is 148 Å². The number of rotatable bonds is 0. The third-order valence-electron chi connectivity index (χ3n) is 13.5. The third kappa shape index (κ3) is 6.11. The molecule has 60 heavy (non-hydrogen) atoms. The molecule has 0 spiro atoms. The molecular formula is C52H52N4O4. The molecular weight excluding hydrogens is 745 g/mol. The molecule has 0 amide bonds. The molecule has 304 valence electrons. The van der Waals surface area contributed by atoms with E-state index in [-0.39, 0.29) is 10.8 Å². The molecule has 0 atom stereocenters. The summed E-state index contributed by atoms with van der Waals surface area (Å²) in [5, 5.41) is 2.16. The van der Waals surface area contributed by atoms with E-state index in [4.69, 9.17) is 18.9 Å². The smallest absolute Gasteiger partial charge is 0.161 e. The lowest BCUT2D eigenvalue weighted by Gasteiger charge is -2.32. The lowest BCUT2D eigenvalue weighted by Crippen LogP contribution is -2.29. The number of H-pyrrole nitrogens is 4. The van der Waals surface area contributed by atoms with Gasteiger partial charge in [-0.1, -0.05) is 48.5 Å². The largest absolute Gasteiger partial charge is 0.490 e. The first-order valence-corrected chi connectivity index (χ1v) is 21.0. The minimum atomic E-state index is -0.548. The van der Waals surface area contributed by atoms with Gasteiger partial charge in [0, 0.05) is 56.4 Å². The van der Waals surface area contributed by atoms with Crippen LogP contribution in [0.25, 0.3) is 10.8 Å². The van der Waals surface area contributed by atoms with Crippen LogP contribution in [0.2, 0.25) is 0 Å². The number of benzene rings is 4. The minimum Gasteiger partial charge on any atom is -0.490 e. The van der Waals surface area contributed by atoms with E-state index in [1.54, 1.807) is 0 Å². The molecule has 14 bridgehead atoms. The lowest BCUT2D eigenvalue weighted by atomic mass is 9.76. The summed E-state index contributed by atoms with van der Waals surface area (Å²) < 4.78 is 25.2. The van der Waals surface area contributed by atoms with Gasteiger partial charge in [0.25, 0.3) is 0 Å². The van der Waals surface area contributed by atoms with E-state index >= 15 is 0 Å². The molecule has 10 heterocycles. The summed E-state index contributed by atoms with van der Waals surface area (Å²) >= 11 is 0. The normalized spacial score (nSPS) is 20.8. The zero-order valence-corrected chi connectivity index (χ0v) is 35.2. The number of fused-ring (bicyclic) bond motifs is 1. The maximum atomic E-state index is 6.33. The summed E-state index contributed by atoms with van der Waals surface area (Å²) in [7, 11) is 0. The molecule has 0 radical (unpaired) electrons. The van der Waals surface area contributed by atoms with Crippen molar-refractivity contribution < 1.29 is 18.9 Å². The van der Waals surface area contributed by atoms with Gasteiger partial charge in [0.15, 0.2) is 11.5 Å². The standard InChI is InChI=1S/C52H52N4O4/c1-49(2)41-19-23-45(53-41)51(5)35-11-15-37(16-12-35)57-27-29-59-39-31-33-9-7-8-10-34(33)32-40(39)60-30-28-58-38-17-13-36(14-18-38)52(6,46-24-20-42(49)54-46)48-26-22-44(56-48)50(3,4)43-21-25-47(51)55-43/h7-26,31-32,53-56H,27-30H2,1-6H3. The van der Waals surface area contributed by atoms with Crippen molar-refractivity contribution in [2.75, 3.05) is 26.4 Å². The highest BCUT2D eigenvalue weighted by Gasteiger charge is 2.40. The molecule has 8 heteroatoms. The summed E-state index contributed by atoms with van der Waals surface area (Å²) in [5.41, 5.74) is 9.31. The molecule has 4 aromatic heterocycles. The van der Waals surface area contributed by atoms with Crippen molar-refractivity contribution in [2.24, 2.45) is 0 Å². The first-order chi connectivity index (χ1) is 28.9. The quantitative estimate of drug-likeness (QED) is 0.123. The molecule has 0 fully saturated rings. The van der Waals surface area contributed by atoms with Crippen LogP contribution in [0.5, 0.6) is 23.0 Å². The van der Waals surface area contributed by atoms with Crippen LogP contribution in [0.3, 0.4) is 0 Å². The molecule has 6 aliphatic heterocycles. The topological polar surface area (TPSA) is 100 Å². The Hall–Kier alpha value is -6.54. The van der Waals surface area contributed by atoms with Gasteiger partial charge >= 0.3 is 0 Å². The van der Waals surface area contributed by atoms with Crippen LogP contribution in [0.4, 0.5) is 0 Å². The second-order valence-corrected chi connectivity index (χ2v) is 17.7. The van der Waals surface area contributed by atoms with Crippen molar-refractivity contribution in [1.29, 1.82) is 0 Å². The van der Waals surface area contributed by atoms with E-state index in [0.717, 1.165) is 78.9 Å². The summed E-state index contributed by atoms with van der Waals surface area (Å²) in [5.74, 6) is 2.89. The van der Waals surface area contributed by atoms with Crippen molar-refractivity contribution in [3.8, 4) is 23.0 Å². The van der Waals surface area contributed by atoms with Gasteiger partial charge in [-0.2, -0.15) is 0 Å². The SMILES string of the molecule is CC1(C)c2ccc([nH]2)C2(C)c3ccc(cc3)OCCOc3cc4ccccc4cc3OCCOc3ccc(cc3)C(C)(c3ccc1[nH]3)c1ccc([nH]1)C(C)(C)c1ccc2[nH]1. The van der Waals surface area contributed by atoms with Crippen LogP contribution in [0.1, 0.15) is 98.2 Å². The fourth-order valence-electron chi connectivity index (χ4n) is 9.22. The number of hydrogen-bond acceptors (Lipinski definition) is 4. The van der Waals surface area contributed by atoms with Gasteiger partial charge in [0.1, 0.15) is 37.9 Å². The van der Waals surface area contributed by atoms with Crippen LogP contribution in [-0.2, 0) is 21.7 Å². The average molecular weight is 797 g/mol. The maximum absolute atomic E-state index is 6.33. The number of hydrogen-bond donors (Lipinski definition) is 4. The van der Waals surface area contributed by atoms with E-state index in [2.05, 4.69) is 171 Å². The average Bonchev–Trinajstić information content (AvgIpc) is 4.11. The van der Waals surface area contributed by atoms with Crippen LogP contribution in [0.15, 0.2) is 133 Å². The molecule has 4 N–H and O–H groups in total. The molecule has 6 aliphatic rings. The fourth-order valence-corrected chi connectivity index (χ4v) is 9.22. The first-order valence-electron chi connectivity index (χ1n) is 21.0. The molecule has 0 unspecified atom stereocenters. The van der Waals surface area contributed by atoms with Crippen LogP contribution in [-0.4, -0.2) is 46.4 Å². The second-order valence-electron chi connectivity index (χ2n) is 17.7. The lowest BCUT2D eigenvalue weighted by molar-refractivity contribution is 0.192. The second kappa shape index (κ2) is 14.0. The van der Waals surface area contributed by atoms with Crippen LogP contribution in [0, 0.1) is 0 Å². The van der Waals surface area contributed by atoms with E-state index in [0.29, 0.717) is 37.9 Å². The Labute approximate surface area is 351 Å². The predicted octanol–water partition coefficient (Wildman–Crippen LogP) is 11.1. The van der Waals surface area contributed by atoms with Gasteiger partial charge in [-0.15, -0.1) is 0 Å². The van der Waals surface area contributed by atoms with Crippen LogP contribution < -0.4 is 18.9 Å². The summed E-state index contributed by atoms with van der Waals surface area (Å²) in [6.45, 7) is 15.1. The molecule has 0 saturated carbocycles. The predicted molar refractivity (Wildman–Crippen MR) is 237 cm³/mol. The van der Waals surface area contributed by atoms with E-state index < -0.39 is 10.8 Å². The van der Waals surface area contributed by atoms with E-state index in [1.807, 2.05) is 24.3 Å². The summed E-state index contributed by atoms with van der Waals surface area (Å²) in [6, 6.07) is 47.2. The molecule has 0 saturated heterocycles. The third-order valence-corrected chi connectivity index (χ3v) is 13.5. The van der Waals surface area contributed by atoms with Gasteiger partial charge in [0.2, 0.25) is 0 Å². The van der Waals surface area contributed by atoms with Crippen molar-refractivity contribution in [3.05, 3.63) is 190 Å². The molecule has 4 aromatic carbocycles. The van der Waals surface area contributed by atoms with Crippen LogP contribution >= 0.6 is 0 Å².